The first-order valence-corrected chi connectivity index (χ1v) is 5.49. The summed E-state index contributed by atoms with van der Waals surface area (Å²) in [5, 5.41) is 18.5. The standard InChI is InChI=1S/C13H12O6/c1-13(2)18-11(16)8(12(17)19-13)5-7-3-4-9(14)10(15)6-7/h3-6,14-15H,1-2H3. The Morgan fingerprint density at radius 1 is 1.05 bits per heavy atom. The average Bonchev–Trinajstić information content (AvgIpc) is 2.27. The Morgan fingerprint density at radius 2 is 1.63 bits per heavy atom. The number of phenols is 2. The first-order chi connectivity index (χ1) is 8.78. The highest BCUT2D eigenvalue weighted by molar-refractivity contribution is 6.18. The zero-order valence-electron chi connectivity index (χ0n) is 10.3. The predicted octanol–water partition coefficient (Wildman–Crippen LogP) is 1.32. The number of phenolic OH excluding ortho intramolecular Hbond substituents is 2. The van der Waals surface area contributed by atoms with E-state index < -0.39 is 17.7 Å². The van der Waals surface area contributed by atoms with E-state index in [1.807, 2.05) is 0 Å². The van der Waals surface area contributed by atoms with Crippen molar-refractivity contribution in [1.82, 2.24) is 0 Å². The Hall–Kier alpha value is -2.50. The van der Waals surface area contributed by atoms with Crippen molar-refractivity contribution in [3.8, 4) is 11.5 Å². The minimum absolute atomic E-state index is 0.274. The summed E-state index contributed by atoms with van der Waals surface area (Å²) >= 11 is 0. The van der Waals surface area contributed by atoms with Gasteiger partial charge in [0.1, 0.15) is 5.57 Å². The van der Waals surface area contributed by atoms with Crippen LogP contribution in [0.15, 0.2) is 23.8 Å². The SMILES string of the molecule is CC1(C)OC(=O)C(=Cc2ccc(O)c(O)c2)C(=O)O1. The van der Waals surface area contributed by atoms with E-state index in [0.717, 1.165) is 0 Å². The van der Waals surface area contributed by atoms with E-state index >= 15 is 0 Å². The monoisotopic (exact) mass is 264 g/mol. The van der Waals surface area contributed by atoms with E-state index in [1.54, 1.807) is 0 Å². The van der Waals surface area contributed by atoms with Crippen LogP contribution < -0.4 is 0 Å². The fourth-order valence-electron chi connectivity index (χ4n) is 1.58. The van der Waals surface area contributed by atoms with Gasteiger partial charge in [0, 0.05) is 13.8 Å². The molecule has 1 aromatic carbocycles. The molecule has 0 aliphatic carbocycles. The van der Waals surface area contributed by atoms with Gasteiger partial charge in [-0.05, 0) is 23.8 Å². The van der Waals surface area contributed by atoms with E-state index in [4.69, 9.17) is 14.6 Å². The highest BCUT2D eigenvalue weighted by atomic mass is 16.7. The largest absolute Gasteiger partial charge is 0.504 e. The Bertz CT molecular complexity index is 563. The maximum Gasteiger partial charge on any atom is 0.348 e. The van der Waals surface area contributed by atoms with Crippen molar-refractivity contribution in [2.75, 3.05) is 0 Å². The summed E-state index contributed by atoms with van der Waals surface area (Å²) in [5.41, 5.74) is 0.0864. The number of aromatic hydroxyl groups is 2. The van der Waals surface area contributed by atoms with Gasteiger partial charge in [-0.15, -0.1) is 0 Å². The smallest absolute Gasteiger partial charge is 0.348 e. The third-order valence-electron chi connectivity index (χ3n) is 2.43. The molecule has 1 aromatic rings. The molecule has 0 aromatic heterocycles. The van der Waals surface area contributed by atoms with Crippen LogP contribution in [0.1, 0.15) is 19.4 Å². The molecule has 1 heterocycles. The molecule has 0 spiro atoms. The molecule has 100 valence electrons. The molecule has 0 atom stereocenters. The van der Waals surface area contributed by atoms with Crippen molar-refractivity contribution >= 4 is 18.0 Å². The van der Waals surface area contributed by atoms with Gasteiger partial charge < -0.3 is 19.7 Å². The molecule has 0 bridgehead atoms. The molecule has 1 aliphatic rings. The van der Waals surface area contributed by atoms with Gasteiger partial charge in [0.25, 0.3) is 5.79 Å². The molecule has 6 nitrogen and oxygen atoms in total. The molecule has 0 amide bonds. The number of esters is 2. The highest BCUT2D eigenvalue weighted by Crippen LogP contribution is 2.28. The summed E-state index contributed by atoms with van der Waals surface area (Å²) in [6, 6.07) is 3.89. The number of hydrogen-bond donors (Lipinski definition) is 2. The molecule has 1 fully saturated rings. The first-order valence-electron chi connectivity index (χ1n) is 5.49. The fraction of sp³-hybridized carbons (Fsp3) is 0.231. The van der Waals surface area contributed by atoms with Gasteiger partial charge >= 0.3 is 11.9 Å². The number of ether oxygens (including phenoxy) is 2. The molecule has 0 radical (unpaired) electrons. The van der Waals surface area contributed by atoms with Crippen molar-refractivity contribution < 1.29 is 29.3 Å². The van der Waals surface area contributed by atoms with Crippen LogP contribution in [0.4, 0.5) is 0 Å². The van der Waals surface area contributed by atoms with Crippen LogP contribution in [0.25, 0.3) is 6.08 Å². The van der Waals surface area contributed by atoms with E-state index in [2.05, 4.69) is 0 Å². The quantitative estimate of drug-likeness (QED) is 0.344. The lowest BCUT2D eigenvalue weighted by molar-refractivity contribution is -0.222. The van der Waals surface area contributed by atoms with Gasteiger partial charge in [-0.2, -0.15) is 0 Å². The van der Waals surface area contributed by atoms with Gasteiger partial charge in [-0.1, -0.05) is 6.07 Å². The van der Waals surface area contributed by atoms with Crippen LogP contribution in [-0.2, 0) is 19.1 Å². The number of carbonyl (C=O) groups is 2. The molecule has 2 N–H and O–H groups in total. The highest BCUT2D eigenvalue weighted by Gasteiger charge is 2.38. The maximum atomic E-state index is 11.7. The van der Waals surface area contributed by atoms with E-state index in [1.165, 1.54) is 38.1 Å². The first kappa shape index (κ1) is 12.9. The van der Waals surface area contributed by atoms with E-state index in [-0.39, 0.29) is 17.1 Å². The third-order valence-corrected chi connectivity index (χ3v) is 2.43. The normalized spacial score (nSPS) is 17.7. The summed E-state index contributed by atoms with van der Waals surface area (Å²) in [4.78, 5) is 23.3. The zero-order chi connectivity index (χ0) is 14.2. The van der Waals surface area contributed by atoms with Gasteiger partial charge in [-0.3, -0.25) is 0 Å². The Balaban J connectivity index is 2.35. The van der Waals surface area contributed by atoms with Crippen LogP contribution in [-0.4, -0.2) is 27.9 Å². The summed E-state index contributed by atoms with van der Waals surface area (Å²) < 4.78 is 9.84. The molecule has 1 saturated heterocycles. The molecular formula is C13H12O6. The zero-order valence-corrected chi connectivity index (χ0v) is 10.3. The number of hydrogen-bond acceptors (Lipinski definition) is 6. The van der Waals surface area contributed by atoms with Crippen LogP contribution >= 0.6 is 0 Å². The second kappa shape index (κ2) is 4.31. The van der Waals surface area contributed by atoms with Gasteiger partial charge in [0.05, 0.1) is 0 Å². The van der Waals surface area contributed by atoms with E-state index in [9.17, 15) is 14.7 Å². The number of cyclic esters (lactones) is 2. The molecule has 1 aliphatic heterocycles. The lowest BCUT2D eigenvalue weighted by Gasteiger charge is -2.29. The molecule has 0 saturated carbocycles. The van der Waals surface area contributed by atoms with Crippen molar-refractivity contribution in [3.63, 3.8) is 0 Å². The van der Waals surface area contributed by atoms with Crippen LogP contribution in [0.3, 0.4) is 0 Å². The Morgan fingerprint density at radius 3 is 2.16 bits per heavy atom. The molecule has 6 heteroatoms. The maximum absolute atomic E-state index is 11.7. The molecule has 19 heavy (non-hydrogen) atoms. The average molecular weight is 264 g/mol. The van der Waals surface area contributed by atoms with Gasteiger partial charge in [0.15, 0.2) is 11.5 Å². The van der Waals surface area contributed by atoms with Crippen molar-refractivity contribution in [1.29, 1.82) is 0 Å². The lowest BCUT2D eigenvalue weighted by atomic mass is 10.1. The van der Waals surface area contributed by atoms with Crippen molar-refractivity contribution in [3.05, 3.63) is 29.3 Å². The minimum atomic E-state index is -1.29. The van der Waals surface area contributed by atoms with Crippen LogP contribution in [0.5, 0.6) is 11.5 Å². The van der Waals surface area contributed by atoms with Crippen molar-refractivity contribution in [2.24, 2.45) is 0 Å². The van der Waals surface area contributed by atoms with Crippen molar-refractivity contribution in [2.45, 2.75) is 19.6 Å². The Labute approximate surface area is 108 Å². The number of benzene rings is 1. The molecular weight excluding hydrogens is 252 g/mol. The molecule has 0 unspecified atom stereocenters. The van der Waals surface area contributed by atoms with E-state index in [0.29, 0.717) is 5.56 Å². The topological polar surface area (TPSA) is 93.1 Å². The second-order valence-electron chi connectivity index (χ2n) is 4.49. The Kier molecular flexibility index (Phi) is 2.94. The summed E-state index contributed by atoms with van der Waals surface area (Å²) in [5.74, 6) is -3.53. The molecule has 2 rings (SSSR count). The summed E-state index contributed by atoms with van der Waals surface area (Å²) in [7, 11) is 0. The van der Waals surface area contributed by atoms with Crippen LogP contribution in [0.2, 0.25) is 0 Å². The summed E-state index contributed by atoms with van der Waals surface area (Å²) in [6.07, 6.45) is 1.22. The summed E-state index contributed by atoms with van der Waals surface area (Å²) in [6.45, 7) is 2.90. The number of rotatable bonds is 1. The predicted molar refractivity (Wildman–Crippen MR) is 64.0 cm³/mol. The van der Waals surface area contributed by atoms with Gasteiger partial charge in [-0.25, -0.2) is 9.59 Å². The number of carbonyl (C=O) groups excluding carboxylic acids is 2. The van der Waals surface area contributed by atoms with Gasteiger partial charge in [0.2, 0.25) is 0 Å². The minimum Gasteiger partial charge on any atom is -0.504 e. The second-order valence-corrected chi connectivity index (χ2v) is 4.49. The van der Waals surface area contributed by atoms with Crippen LogP contribution in [0, 0.1) is 0 Å². The lowest BCUT2D eigenvalue weighted by Crippen LogP contribution is -2.41. The fourth-order valence-corrected chi connectivity index (χ4v) is 1.58. The third kappa shape index (κ3) is 2.67.